The van der Waals surface area contributed by atoms with E-state index in [1.165, 1.54) is 15.3 Å². The van der Waals surface area contributed by atoms with Crippen LogP contribution in [0.15, 0.2) is 77.3 Å². The van der Waals surface area contributed by atoms with E-state index >= 15 is 0 Å². The fraction of sp³-hybridized carbons (Fsp3) is 0.487. The van der Waals surface area contributed by atoms with Crippen molar-refractivity contribution >= 4 is 36.5 Å². The minimum absolute atomic E-state index is 0.00722. The predicted molar refractivity (Wildman–Crippen MR) is 193 cm³/mol. The number of aromatic nitrogens is 1. The molecule has 8 nitrogen and oxygen atoms in total. The van der Waals surface area contributed by atoms with Crippen LogP contribution in [0.5, 0.6) is 5.75 Å². The summed E-state index contributed by atoms with van der Waals surface area (Å²) in [5.74, 6) is 2.23. The highest BCUT2D eigenvalue weighted by Gasteiger charge is 2.49. The molecule has 4 aromatic rings. The van der Waals surface area contributed by atoms with Gasteiger partial charge in [0, 0.05) is 25.0 Å². The Balaban J connectivity index is 1.13. The van der Waals surface area contributed by atoms with Crippen LogP contribution in [0, 0.1) is 23.2 Å². The molecular formula is C39H51N3O5Si. The lowest BCUT2D eigenvalue weighted by atomic mass is 9.85. The first-order valence-electron chi connectivity index (χ1n) is 17.5. The summed E-state index contributed by atoms with van der Waals surface area (Å²) in [7, 11) is 2.23. The number of aryl methyl sites for hydroxylation is 1. The second-order valence-electron chi connectivity index (χ2n) is 15.1. The molecule has 9 heteroatoms. The molecule has 0 bridgehead atoms. The average Bonchev–Trinajstić information content (AvgIpc) is 3.71. The molecule has 1 aliphatic carbocycles. The maximum absolute atomic E-state index is 11.3. The lowest BCUT2D eigenvalue weighted by Gasteiger charge is -2.35. The van der Waals surface area contributed by atoms with E-state index in [1.54, 1.807) is 0 Å². The zero-order chi connectivity index (χ0) is 33.8. The van der Waals surface area contributed by atoms with Gasteiger partial charge in [0.15, 0.2) is 5.58 Å². The molecular weight excluding hydrogens is 619 g/mol. The summed E-state index contributed by atoms with van der Waals surface area (Å²) in [4.78, 5) is 14.9. The van der Waals surface area contributed by atoms with Crippen molar-refractivity contribution in [3.05, 3.63) is 84.1 Å². The molecule has 1 unspecified atom stereocenters. The fourth-order valence-electron chi connectivity index (χ4n) is 7.36. The third kappa shape index (κ3) is 8.13. The van der Waals surface area contributed by atoms with Crippen molar-refractivity contribution in [3.8, 4) is 5.75 Å². The standard InChI is InChI=1S/C39H51N3O5Si/c1-39(2,3)37(47-48(29-12-8-6-9-13-29)30-14-10-7-11-15-30)32-24-28(32)26-45-35-19-17-31-34(40-46-36(31)33(35)25-41(4)5)18-16-27-20-22-42(23-21-27)38(43)44/h6-15,17,19,27-28,32,37,48H,16,18,20-26H2,1-5H3,(H,43,44)/t28-,32-,37?/m0/s1. The van der Waals surface area contributed by atoms with Crippen molar-refractivity contribution in [2.75, 3.05) is 33.8 Å². The topological polar surface area (TPSA) is 88.3 Å². The van der Waals surface area contributed by atoms with Gasteiger partial charge in [-0.3, -0.25) is 0 Å². The number of amides is 1. The fourth-order valence-corrected chi connectivity index (χ4v) is 10.1. The van der Waals surface area contributed by atoms with E-state index in [9.17, 15) is 9.90 Å². The number of nitrogens with zero attached hydrogens (tertiary/aromatic N) is 3. The largest absolute Gasteiger partial charge is 0.493 e. The molecule has 2 aliphatic rings. The van der Waals surface area contributed by atoms with Crippen LogP contribution in [0.25, 0.3) is 11.0 Å². The van der Waals surface area contributed by atoms with Crippen LogP contribution in [-0.2, 0) is 17.4 Å². The van der Waals surface area contributed by atoms with Gasteiger partial charge in [0.2, 0.25) is 9.04 Å². The van der Waals surface area contributed by atoms with Gasteiger partial charge in [0.25, 0.3) is 0 Å². The van der Waals surface area contributed by atoms with Crippen LogP contribution in [-0.4, -0.2) is 75.1 Å². The summed E-state index contributed by atoms with van der Waals surface area (Å²) in [6.07, 6.45) is 4.00. The van der Waals surface area contributed by atoms with Gasteiger partial charge in [-0.05, 0) is 91.9 Å². The minimum atomic E-state index is -1.90. The predicted octanol–water partition coefficient (Wildman–Crippen LogP) is 6.20. The van der Waals surface area contributed by atoms with Crippen LogP contribution in [0.3, 0.4) is 0 Å². The van der Waals surface area contributed by atoms with E-state index in [2.05, 4.69) is 118 Å². The first-order valence-corrected chi connectivity index (χ1v) is 19.1. The molecule has 1 N–H and O–H groups in total. The highest BCUT2D eigenvalue weighted by Crippen LogP contribution is 2.48. The molecule has 0 spiro atoms. The molecule has 2 heterocycles. The van der Waals surface area contributed by atoms with Crippen molar-refractivity contribution in [2.24, 2.45) is 23.2 Å². The van der Waals surface area contributed by atoms with Gasteiger partial charge in [0.1, 0.15) is 5.75 Å². The number of ether oxygens (including phenoxy) is 1. The lowest BCUT2D eigenvalue weighted by Crippen LogP contribution is -2.50. The lowest BCUT2D eigenvalue weighted by molar-refractivity contribution is 0.0615. The number of hydrogen-bond donors (Lipinski definition) is 1. The monoisotopic (exact) mass is 669 g/mol. The Morgan fingerprint density at radius 1 is 1.02 bits per heavy atom. The molecule has 1 amide bonds. The van der Waals surface area contributed by atoms with Crippen molar-refractivity contribution in [1.82, 2.24) is 15.0 Å². The SMILES string of the molecule is CN(C)Cc1c(OC[C@@H]2C[C@@H]2C(O[SiH](c2ccccc2)c2ccccc2)C(C)(C)C)ccc2c(CCC3CCN(C(=O)O)CC3)noc12. The summed E-state index contributed by atoms with van der Waals surface area (Å²) < 4.78 is 19.9. The van der Waals surface area contributed by atoms with E-state index in [0.29, 0.717) is 44.0 Å². The normalized spacial score (nSPS) is 19.3. The maximum atomic E-state index is 11.3. The van der Waals surface area contributed by atoms with Gasteiger partial charge >= 0.3 is 6.09 Å². The number of piperidine rings is 1. The van der Waals surface area contributed by atoms with Gasteiger partial charge < -0.3 is 28.6 Å². The first-order chi connectivity index (χ1) is 23.1. The van der Waals surface area contributed by atoms with Gasteiger partial charge in [-0.15, -0.1) is 0 Å². The molecule has 48 heavy (non-hydrogen) atoms. The van der Waals surface area contributed by atoms with Gasteiger partial charge in [-0.1, -0.05) is 86.6 Å². The second-order valence-corrected chi connectivity index (χ2v) is 17.5. The van der Waals surface area contributed by atoms with Crippen LogP contribution in [0.2, 0.25) is 0 Å². The summed E-state index contributed by atoms with van der Waals surface area (Å²) in [6.45, 7) is 9.47. The van der Waals surface area contributed by atoms with E-state index in [0.717, 1.165) is 60.1 Å². The second kappa shape index (κ2) is 14.8. The van der Waals surface area contributed by atoms with Crippen molar-refractivity contribution < 1.29 is 23.6 Å². The average molecular weight is 670 g/mol. The number of carboxylic acid groups (broad SMARTS) is 1. The van der Waals surface area contributed by atoms with Crippen molar-refractivity contribution in [2.45, 2.75) is 65.5 Å². The highest BCUT2D eigenvalue weighted by molar-refractivity contribution is 6.80. The number of likely N-dealkylation sites (tertiary alicyclic amines) is 1. The summed E-state index contributed by atoms with van der Waals surface area (Å²) in [5.41, 5.74) is 2.81. The Kier molecular flexibility index (Phi) is 10.6. The summed E-state index contributed by atoms with van der Waals surface area (Å²) in [5, 5.41) is 17.4. The maximum Gasteiger partial charge on any atom is 0.407 e. The number of fused-ring (bicyclic) bond motifs is 1. The Labute approximate surface area is 286 Å². The molecule has 1 saturated heterocycles. The van der Waals surface area contributed by atoms with E-state index < -0.39 is 15.1 Å². The quantitative estimate of drug-likeness (QED) is 0.170. The molecule has 2 fully saturated rings. The Hall–Kier alpha value is -3.66. The number of hydrogen-bond acceptors (Lipinski definition) is 6. The number of rotatable bonds is 13. The Bertz CT molecular complexity index is 1610. The smallest absolute Gasteiger partial charge is 0.407 e. The van der Waals surface area contributed by atoms with Crippen LogP contribution in [0.1, 0.15) is 57.7 Å². The molecule has 3 atom stereocenters. The van der Waals surface area contributed by atoms with Gasteiger partial charge in [-0.25, -0.2) is 4.79 Å². The highest BCUT2D eigenvalue weighted by atomic mass is 28.3. The molecule has 1 aliphatic heterocycles. The van der Waals surface area contributed by atoms with Crippen molar-refractivity contribution in [3.63, 3.8) is 0 Å². The van der Waals surface area contributed by atoms with Gasteiger partial charge in [0.05, 0.1) is 24.0 Å². The number of carbonyl (C=O) groups is 1. The molecule has 0 radical (unpaired) electrons. The summed E-state index contributed by atoms with van der Waals surface area (Å²) >= 11 is 0. The number of benzene rings is 3. The van der Waals surface area contributed by atoms with Gasteiger partial charge in [-0.2, -0.15) is 0 Å². The van der Waals surface area contributed by atoms with Crippen molar-refractivity contribution in [1.29, 1.82) is 0 Å². The summed E-state index contributed by atoms with van der Waals surface area (Å²) in [6, 6.07) is 25.7. The van der Waals surface area contributed by atoms with E-state index in [1.807, 2.05) is 0 Å². The Morgan fingerprint density at radius 3 is 2.25 bits per heavy atom. The minimum Gasteiger partial charge on any atom is -0.493 e. The molecule has 256 valence electrons. The third-order valence-corrected chi connectivity index (χ3v) is 12.6. The molecule has 1 saturated carbocycles. The molecule has 1 aromatic heterocycles. The van der Waals surface area contributed by atoms with E-state index in [4.69, 9.17) is 13.7 Å². The molecule has 3 aromatic carbocycles. The third-order valence-electron chi connectivity index (χ3n) is 10.1. The zero-order valence-electron chi connectivity index (χ0n) is 29.1. The van der Waals surface area contributed by atoms with Crippen LogP contribution >= 0.6 is 0 Å². The van der Waals surface area contributed by atoms with Crippen LogP contribution in [0.4, 0.5) is 4.79 Å². The molecule has 6 rings (SSSR count). The van der Waals surface area contributed by atoms with E-state index in [-0.39, 0.29) is 11.5 Å². The zero-order valence-corrected chi connectivity index (χ0v) is 30.3. The first kappa shape index (κ1) is 34.2. The Morgan fingerprint density at radius 2 is 1.67 bits per heavy atom. The van der Waals surface area contributed by atoms with Crippen LogP contribution < -0.4 is 15.1 Å².